The van der Waals surface area contributed by atoms with Crippen LogP contribution in [0.3, 0.4) is 0 Å². The molecule has 0 saturated heterocycles. The molecule has 7 nitrogen and oxygen atoms in total. The van der Waals surface area contributed by atoms with Crippen molar-refractivity contribution in [3.05, 3.63) is 35.9 Å². The lowest BCUT2D eigenvalue weighted by Crippen LogP contribution is -2.39. The minimum Gasteiger partial charge on any atom is -0.445 e. The van der Waals surface area contributed by atoms with Gasteiger partial charge in [0.05, 0.1) is 12.6 Å². The van der Waals surface area contributed by atoms with Crippen molar-refractivity contribution in [2.45, 2.75) is 51.9 Å². The number of amides is 2. The van der Waals surface area contributed by atoms with Crippen molar-refractivity contribution >= 4 is 12.2 Å². The molecule has 0 aromatic heterocycles. The monoisotopic (exact) mass is 352 g/mol. The van der Waals surface area contributed by atoms with Crippen LogP contribution < -0.4 is 10.6 Å². The predicted molar refractivity (Wildman–Crippen MR) is 94.1 cm³/mol. The van der Waals surface area contributed by atoms with Gasteiger partial charge < -0.3 is 25.2 Å². The molecule has 0 bridgehead atoms. The zero-order valence-electron chi connectivity index (χ0n) is 15.1. The van der Waals surface area contributed by atoms with Crippen LogP contribution in [0.4, 0.5) is 9.59 Å². The number of carbonyl (C=O) groups is 2. The second-order valence-electron chi connectivity index (χ2n) is 6.66. The molecule has 1 atom stereocenters. The Morgan fingerprint density at radius 2 is 1.84 bits per heavy atom. The highest BCUT2D eigenvalue weighted by Gasteiger charge is 2.16. The van der Waals surface area contributed by atoms with Crippen LogP contribution in [0.25, 0.3) is 0 Å². The van der Waals surface area contributed by atoms with Crippen LogP contribution in [0.2, 0.25) is 0 Å². The van der Waals surface area contributed by atoms with E-state index in [1.807, 2.05) is 30.3 Å². The maximum Gasteiger partial charge on any atom is 0.407 e. The molecular weight excluding hydrogens is 324 g/mol. The molecule has 25 heavy (non-hydrogen) atoms. The standard InChI is InChI=1S/C18H28N2O5/c1-18(2,3)25-16(22)19-11-7-10-15(12-21)20-17(23)24-13-14-8-5-4-6-9-14/h4-6,8-9,15,21H,7,10-13H2,1-3H3,(H,19,22)(H,20,23). The van der Waals surface area contributed by atoms with Crippen molar-refractivity contribution in [2.24, 2.45) is 0 Å². The van der Waals surface area contributed by atoms with Gasteiger partial charge >= 0.3 is 12.2 Å². The highest BCUT2D eigenvalue weighted by Crippen LogP contribution is 2.06. The molecule has 0 aliphatic rings. The third kappa shape index (κ3) is 10.2. The number of rotatable bonds is 8. The SMILES string of the molecule is CC(C)(C)OC(=O)NCCCC(CO)NC(=O)OCc1ccccc1. The maximum atomic E-state index is 11.7. The van der Waals surface area contributed by atoms with E-state index in [-0.39, 0.29) is 13.2 Å². The van der Waals surface area contributed by atoms with Gasteiger partial charge in [0.2, 0.25) is 0 Å². The van der Waals surface area contributed by atoms with E-state index in [1.54, 1.807) is 20.8 Å². The summed E-state index contributed by atoms with van der Waals surface area (Å²) in [5, 5.41) is 14.6. The lowest BCUT2D eigenvalue weighted by atomic mass is 10.1. The number of alkyl carbamates (subject to hydrolysis) is 2. The van der Waals surface area contributed by atoms with E-state index >= 15 is 0 Å². The zero-order valence-corrected chi connectivity index (χ0v) is 15.1. The number of hydrogen-bond acceptors (Lipinski definition) is 5. The summed E-state index contributed by atoms with van der Waals surface area (Å²) in [5.41, 5.74) is 0.349. The highest BCUT2D eigenvalue weighted by atomic mass is 16.6. The molecule has 0 fully saturated rings. The summed E-state index contributed by atoms with van der Waals surface area (Å²) in [6.45, 7) is 5.74. The van der Waals surface area contributed by atoms with E-state index in [1.165, 1.54) is 0 Å². The van der Waals surface area contributed by atoms with Crippen LogP contribution in [-0.4, -0.2) is 42.1 Å². The number of nitrogens with one attached hydrogen (secondary N) is 2. The molecule has 0 saturated carbocycles. The van der Waals surface area contributed by atoms with Crippen LogP contribution in [0, 0.1) is 0 Å². The highest BCUT2D eigenvalue weighted by molar-refractivity contribution is 5.68. The van der Waals surface area contributed by atoms with Crippen molar-refractivity contribution in [1.82, 2.24) is 10.6 Å². The Balaban J connectivity index is 2.20. The van der Waals surface area contributed by atoms with Gasteiger partial charge in [-0.2, -0.15) is 0 Å². The minimum atomic E-state index is -0.581. The average molecular weight is 352 g/mol. The van der Waals surface area contributed by atoms with Crippen molar-refractivity contribution in [1.29, 1.82) is 0 Å². The van der Waals surface area contributed by atoms with Crippen LogP contribution in [0.5, 0.6) is 0 Å². The first kappa shape index (κ1) is 20.8. The van der Waals surface area contributed by atoms with Gasteiger partial charge in [0.1, 0.15) is 12.2 Å². The summed E-state index contributed by atoms with van der Waals surface area (Å²) in [6, 6.07) is 8.91. The normalized spacial score (nSPS) is 12.2. The first-order chi connectivity index (χ1) is 11.8. The molecule has 0 spiro atoms. The molecule has 1 rings (SSSR count). The number of benzene rings is 1. The molecule has 1 aromatic rings. The summed E-state index contributed by atoms with van der Waals surface area (Å²) in [7, 11) is 0. The van der Waals surface area contributed by atoms with Gasteiger partial charge in [-0.3, -0.25) is 0 Å². The average Bonchev–Trinajstić information content (AvgIpc) is 2.55. The van der Waals surface area contributed by atoms with Crippen LogP contribution in [0.1, 0.15) is 39.2 Å². The fourth-order valence-corrected chi connectivity index (χ4v) is 1.99. The van der Waals surface area contributed by atoms with E-state index in [4.69, 9.17) is 9.47 Å². The summed E-state index contributed by atoms with van der Waals surface area (Å²) < 4.78 is 10.2. The van der Waals surface area contributed by atoms with Crippen molar-refractivity contribution < 1.29 is 24.2 Å². The van der Waals surface area contributed by atoms with Crippen molar-refractivity contribution in [3.8, 4) is 0 Å². The smallest absolute Gasteiger partial charge is 0.407 e. The predicted octanol–water partition coefficient (Wildman–Crippen LogP) is 2.58. The number of carbonyl (C=O) groups excluding carboxylic acids is 2. The lowest BCUT2D eigenvalue weighted by molar-refractivity contribution is 0.0526. The molecule has 0 heterocycles. The number of aliphatic hydroxyl groups excluding tert-OH is 1. The lowest BCUT2D eigenvalue weighted by Gasteiger charge is -2.20. The van der Waals surface area contributed by atoms with Crippen molar-refractivity contribution in [3.63, 3.8) is 0 Å². The summed E-state index contributed by atoms with van der Waals surface area (Å²) >= 11 is 0. The van der Waals surface area contributed by atoms with Crippen LogP contribution in [-0.2, 0) is 16.1 Å². The maximum absolute atomic E-state index is 11.7. The van der Waals surface area contributed by atoms with Gasteiger partial charge in [0.15, 0.2) is 0 Å². The minimum absolute atomic E-state index is 0.172. The Bertz CT molecular complexity index is 528. The first-order valence-corrected chi connectivity index (χ1v) is 8.35. The first-order valence-electron chi connectivity index (χ1n) is 8.35. The van der Waals surface area contributed by atoms with E-state index in [0.717, 1.165) is 5.56 Å². The van der Waals surface area contributed by atoms with E-state index in [0.29, 0.717) is 19.4 Å². The Morgan fingerprint density at radius 3 is 2.44 bits per heavy atom. The third-order valence-electron chi connectivity index (χ3n) is 3.15. The molecule has 0 aliphatic heterocycles. The Kier molecular flexibility index (Phi) is 8.77. The molecule has 0 radical (unpaired) electrons. The zero-order chi connectivity index (χ0) is 18.7. The fraction of sp³-hybridized carbons (Fsp3) is 0.556. The molecule has 140 valence electrons. The molecule has 0 aliphatic carbocycles. The Hall–Kier alpha value is -2.28. The summed E-state index contributed by atoms with van der Waals surface area (Å²) in [6.07, 6.45) is 0.0298. The van der Waals surface area contributed by atoms with Crippen LogP contribution >= 0.6 is 0 Å². The van der Waals surface area contributed by atoms with Gasteiger partial charge in [0, 0.05) is 6.54 Å². The molecule has 1 aromatic carbocycles. The third-order valence-corrected chi connectivity index (χ3v) is 3.15. The number of aliphatic hydroxyl groups is 1. The summed E-state index contributed by atoms with van der Waals surface area (Å²) in [5.74, 6) is 0. The Labute approximate surface area is 148 Å². The van der Waals surface area contributed by atoms with E-state index in [9.17, 15) is 14.7 Å². The summed E-state index contributed by atoms with van der Waals surface area (Å²) in [4.78, 5) is 23.2. The molecule has 3 N–H and O–H groups in total. The second kappa shape index (κ2) is 10.6. The number of ether oxygens (including phenoxy) is 2. The Morgan fingerprint density at radius 1 is 1.16 bits per heavy atom. The van der Waals surface area contributed by atoms with Gasteiger partial charge in [0.25, 0.3) is 0 Å². The quantitative estimate of drug-likeness (QED) is 0.625. The van der Waals surface area contributed by atoms with E-state index < -0.39 is 23.8 Å². The van der Waals surface area contributed by atoms with Gasteiger partial charge in [-0.15, -0.1) is 0 Å². The molecule has 2 amide bonds. The second-order valence-corrected chi connectivity index (χ2v) is 6.66. The van der Waals surface area contributed by atoms with E-state index in [2.05, 4.69) is 10.6 Å². The van der Waals surface area contributed by atoms with Gasteiger partial charge in [-0.25, -0.2) is 9.59 Å². The largest absolute Gasteiger partial charge is 0.445 e. The molecule has 1 unspecified atom stereocenters. The van der Waals surface area contributed by atoms with Gasteiger partial charge in [-0.1, -0.05) is 30.3 Å². The van der Waals surface area contributed by atoms with Crippen LogP contribution in [0.15, 0.2) is 30.3 Å². The van der Waals surface area contributed by atoms with Gasteiger partial charge in [-0.05, 0) is 39.2 Å². The molecular formula is C18H28N2O5. The topological polar surface area (TPSA) is 96.9 Å². The fourth-order valence-electron chi connectivity index (χ4n) is 1.99. The van der Waals surface area contributed by atoms with Crippen molar-refractivity contribution in [2.75, 3.05) is 13.2 Å². The molecule has 7 heteroatoms. The number of hydrogen-bond donors (Lipinski definition) is 3.